The molecule has 2 aromatic rings. The van der Waals surface area contributed by atoms with E-state index in [1.165, 1.54) is 6.07 Å². The van der Waals surface area contributed by atoms with E-state index >= 15 is 0 Å². The van der Waals surface area contributed by atoms with Crippen LogP contribution in [0.2, 0.25) is 0 Å². The minimum Gasteiger partial charge on any atom is -0.454 e. The van der Waals surface area contributed by atoms with E-state index in [-0.39, 0.29) is 28.8 Å². The third-order valence-corrected chi connectivity index (χ3v) is 6.04. The number of carbonyl (C=O) groups is 4. The van der Waals surface area contributed by atoms with Crippen molar-refractivity contribution in [2.45, 2.75) is 26.7 Å². The fourth-order valence-corrected chi connectivity index (χ4v) is 4.09. The first-order valence-corrected chi connectivity index (χ1v) is 10.3. The van der Waals surface area contributed by atoms with Crippen molar-refractivity contribution in [3.8, 4) is 0 Å². The Morgan fingerprint density at radius 1 is 0.935 bits per heavy atom. The largest absolute Gasteiger partial charge is 0.454 e. The van der Waals surface area contributed by atoms with Crippen molar-refractivity contribution in [1.29, 1.82) is 0 Å². The van der Waals surface area contributed by atoms with Gasteiger partial charge in [-0.25, -0.2) is 9.69 Å². The van der Waals surface area contributed by atoms with E-state index in [9.17, 15) is 19.2 Å². The molecule has 1 aliphatic carbocycles. The van der Waals surface area contributed by atoms with Gasteiger partial charge in [-0.05, 0) is 56.0 Å². The Balaban J connectivity index is 1.52. The molecule has 0 radical (unpaired) electrons. The number of carbonyl (C=O) groups excluding carboxylic acids is 4. The number of esters is 1. The van der Waals surface area contributed by atoms with Crippen LogP contribution in [0.15, 0.2) is 54.6 Å². The Morgan fingerprint density at radius 2 is 1.58 bits per heavy atom. The number of nitrogens with zero attached hydrogens (tertiary/aromatic N) is 1. The number of imide groups is 1. The second-order valence-electron chi connectivity index (χ2n) is 7.98. The summed E-state index contributed by atoms with van der Waals surface area (Å²) >= 11 is 0. The number of amides is 2. The lowest BCUT2D eigenvalue weighted by Crippen LogP contribution is -2.32. The molecule has 0 spiro atoms. The molecular weight excluding hydrogens is 394 g/mol. The van der Waals surface area contributed by atoms with Gasteiger partial charge in [0.2, 0.25) is 11.8 Å². The Kier molecular flexibility index (Phi) is 5.55. The fraction of sp³-hybridized carbons (Fsp3) is 0.280. The summed E-state index contributed by atoms with van der Waals surface area (Å²) in [4.78, 5) is 52.1. The van der Waals surface area contributed by atoms with Gasteiger partial charge in [0, 0.05) is 5.56 Å². The third-order valence-electron chi connectivity index (χ3n) is 6.04. The normalized spacial score (nSPS) is 20.0. The minimum atomic E-state index is -0.749. The fourth-order valence-electron chi connectivity index (χ4n) is 4.09. The summed E-state index contributed by atoms with van der Waals surface area (Å²) in [6, 6.07) is 11.7. The van der Waals surface area contributed by atoms with Gasteiger partial charge >= 0.3 is 5.97 Å². The quantitative estimate of drug-likeness (QED) is 0.320. The maximum Gasteiger partial charge on any atom is 0.340 e. The molecule has 0 bridgehead atoms. The number of fused-ring (bicyclic) bond motifs is 1. The summed E-state index contributed by atoms with van der Waals surface area (Å²) in [5.41, 5.74) is 2.80. The number of hydrogen-bond donors (Lipinski definition) is 0. The van der Waals surface area contributed by atoms with Crippen LogP contribution in [0.5, 0.6) is 0 Å². The van der Waals surface area contributed by atoms with Crippen molar-refractivity contribution in [1.82, 2.24) is 0 Å². The zero-order valence-corrected chi connectivity index (χ0v) is 17.5. The van der Waals surface area contributed by atoms with E-state index in [0.29, 0.717) is 18.4 Å². The van der Waals surface area contributed by atoms with Gasteiger partial charge in [0.15, 0.2) is 12.4 Å². The highest BCUT2D eigenvalue weighted by Gasteiger charge is 2.48. The van der Waals surface area contributed by atoms with Gasteiger partial charge in [-0.2, -0.15) is 0 Å². The first-order valence-electron chi connectivity index (χ1n) is 10.3. The summed E-state index contributed by atoms with van der Waals surface area (Å²) in [6.45, 7) is 3.44. The maximum atomic E-state index is 12.9. The molecule has 4 rings (SSSR count). The standard InChI is InChI=1S/C25H23NO5/c1-15-11-12-17(13-16(15)2)22(27)14-31-25(30)20-9-5-6-10-21(20)26-23(28)18-7-3-4-8-19(18)24(26)29/h3-6,9-13,18-19H,7-8,14H2,1-2H3/t18-,19-/m1/s1. The number of hydrogen-bond acceptors (Lipinski definition) is 5. The van der Waals surface area contributed by atoms with Crippen LogP contribution in [-0.4, -0.2) is 30.2 Å². The van der Waals surface area contributed by atoms with Gasteiger partial charge < -0.3 is 4.74 Å². The van der Waals surface area contributed by atoms with E-state index in [1.54, 1.807) is 30.3 Å². The molecule has 2 aliphatic rings. The van der Waals surface area contributed by atoms with Crippen LogP contribution >= 0.6 is 0 Å². The van der Waals surface area contributed by atoms with Gasteiger partial charge in [-0.1, -0.05) is 36.4 Å². The van der Waals surface area contributed by atoms with Gasteiger partial charge in [0.05, 0.1) is 23.1 Å². The third kappa shape index (κ3) is 3.81. The number of rotatable bonds is 5. The lowest BCUT2D eigenvalue weighted by Gasteiger charge is -2.18. The highest BCUT2D eigenvalue weighted by molar-refractivity contribution is 6.24. The van der Waals surface area contributed by atoms with Crippen molar-refractivity contribution in [3.63, 3.8) is 0 Å². The molecule has 1 saturated heterocycles. The molecule has 0 saturated carbocycles. The monoisotopic (exact) mass is 417 g/mol. The molecule has 0 N–H and O–H groups in total. The Morgan fingerprint density at radius 3 is 2.23 bits per heavy atom. The van der Waals surface area contributed by atoms with Crippen LogP contribution in [0.1, 0.15) is 44.7 Å². The van der Waals surface area contributed by atoms with Crippen LogP contribution in [0.4, 0.5) is 5.69 Å². The van der Waals surface area contributed by atoms with E-state index in [2.05, 4.69) is 0 Å². The molecule has 6 nitrogen and oxygen atoms in total. The highest BCUT2D eigenvalue weighted by Crippen LogP contribution is 2.38. The number of para-hydroxylation sites is 1. The smallest absolute Gasteiger partial charge is 0.340 e. The van der Waals surface area contributed by atoms with Crippen LogP contribution < -0.4 is 4.90 Å². The highest BCUT2D eigenvalue weighted by atomic mass is 16.5. The van der Waals surface area contributed by atoms with Crippen LogP contribution in [-0.2, 0) is 14.3 Å². The first kappa shape index (κ1) is 20.7. The minimum absolute atomic E-state index is 0.0868. The van der Waals surface area contributed by atoms with Crippen molar-refractivity contribution >= 4 is 29.3 Å². The molecule has 2 amide bonds. The second-order valence-corrected chi connectivity index (χ2v) is 7.98. The van der Waals surface area contributed by atoms with E-state index in [0.717, 1.165) is 16.0 Å². The Labute approximate surface area is 180 Å². The average molecular weight is 417 g/mol. The summed E-state index contributed by atoms with van der Waals surface area (Å²) in [5, 5.41) is 0. The molecule has 1 fully saturated rings. The number of allylic oxidation sites excluding steroid dienone is 2. The zero-order chi connectivity index (χ0) is 22.1. The number of anilines is 1. The molecule has 2 atom stereocenters. The average Bonchev–Trinajstić information content (AvgIpc) is 3.04. The zero-order valence-electron chi connectivity index (χ0n) is 17.5. The summed E-state index contributed by atoms with van der Waals surface area (Å²) < 4.78 is 5.25. The van der Waals surface area contributed by atoms with E-state index in [4.69, 9.17) is 4.74 Å². The van der Waals surface area contributed by atoms with Gasteiger partial charge in [0.25, 0.3) is 0 Å². The molecule has 2 aromatic carbocycles. The number of benzene rings is 2. The first-order chi connectivity index (χ1) is 14.9. The van der Waals surface area contributed by atoms with Crippen molar-refractivity contribution < 1.29 is 23.9 Å². The van der Waals surface area contributed by atoms with Crippen molar-refractivity contribution in [2.75, 3.05) is 11.5 Å². The number of Topliss-reactive ketones (excluding diaryl/α,β-unsaturated/α-hetero) is 1. The molecule has 1 aliphatic heterocycles. The second kappa shape index (κ2) is 8.30. The predicted molar refractivity (Wildman–Crippen MR) is 115 cm³/mol. The predicted octanol–water partition coefficient (Wildman–Crippen LogP) is 3.80. The summed E-state index contributed by atoms with van der Waals surface area (Å²) in [6.07, 6.45) is 4.86. The number of ether oxygens (including phenoxy) is 1. The lowest BCUT2D eigenvalue weighted by atomic mass is 9.85. The molecular formula is C25H23NO5. The topological polar surface area (TPSA) is 80.8 Å². The maximum absolute atomic E-state index is 12.9. The Bertz CT molecular complexity index is 1090. The van der Waals surface area contributed by atoms with Gasteiger partial charge in [-0.3, -0.25) is 14.4 Å². The van der Waals surface area contributed by atoms with Crippen molar-refractivity contribution in [2.24, 2.45) is 11.8 Å². The number of aryl methyl sites for hydroxylation is 2. The molecule has 158 valence electrons. The molecule has 1 heterocycles. The number of ketones is 1. The molecule has 31 heavy (non-hydrogen) atoms. The van der Waals surface area contributed by atoms with Crippen LogP contribution in [0, 0.1) is 25.7 Å². The van der Waals surface area contributed by atoms with Crippen LogP contribution in [0.25, 0.3) is 0 Å². The molecule has 6 heteroatoms. The van der Waals surface area contributed by atoms with Gasteiger partial charge in [0.1, 0.15) is 0 Å². The van der Waals surface area contributed by atoms with E-state index < -0.39 is 24.4 Å². The summed E-state index contributed by atoms with van der Waals surface area (Å²) in [5.74, 6) is -2.46. The van der Waals surface area contributed by atoms with Gasteiger partial charge in [-0.15, -0.1) is 0 Å². The SMILES string of the molecule is Cc1ccc(C(=O)COC(=O)c2ccccc2N2C(=O)[C@@H]3CC=CC[C@H]3C2=O)cc1C. The Hall–Kier alpha value is -3.54. The summed E-state index contributed by atoms with van der Waals surface area (Å²) in [7, 11) is 0. The lowest BCUT2D eigenvalue weighted by molar-refractivity contribution is -0.122. The van der Waals surface area contributed by atoms with Crippen molar-refractivity contribution in [3.05, 3.63) is 76.9 Å². The van der Waals surface area contributed by atoms with Crippen LogP contribution in [0.3, 0.4) is 0 Å². The molecule has 0 aromatic heterocycles. The molecule has 0 unspecified atom stereocenters. The van der Waals surface area contributed by atoms with E-state index in [1.807, 2.05) is 32.1 Å².